The molecule has 0 saturated carbocycles. The molecule has 1 aromatic rings. The second-order valence-electron chi connectivity index (χ2n) is 4.54. The molecule has 1 aliphatic heterocycles. The Morgan fingerprint density at radius 2 is 2.28 bits per heavy atom. The predicted molar refractivity (Wildman–Crippen MR) is 67.5 cm³/mol. The van der Waals surface area contributed by atoms with E-state index in [0.29, 0.717) is 12.6 Å². The molecule has 0 spiro atoms. The van der Waals surface area contributed by atoms with Crippen molar-refractivity contribution >= 4 is 11.9 Å². The summed E-state index contributed by atoms with van der Waals surface area (Å²) in [6.07, 6.45) is 2.22. The Kier molecular flexibility index (Phi) is 4.14. The Hall–Kier alpha value is -1.63. The Labute approximate surface area is 106 Å². The summed E-state index contributed by atoms with van der Waals surface area (Å²) in [5.74, 6) is 0.579. The van der Waals surface area contributed by atoms with E-state index in [2.05, 4.69) is 20.3 Å². The summed E-state index contributed by atoms with van der Waals surface area (Å²) in [6, 6.07) is 0.457. The van der Waals surface area contributed by atoms with Gasteiger partial charge in [0.2, 0.25) is 11.9 Å². The minimum Gasteiger partial charge on any atom is -0.461 e. The largest absolute Gasteiger partial charge is 0.461 e. The molecule has 100 valence electrons. The molecule has 1 fully saturated rings. The van der Waals surface area contributed by atoms with Gasteiger partial charge in [-0.25, -0.2) is 0 Å². The molecule has 1 aliphatic rings. The van der Waals surface area contributed by atoms with E-state index in [0.717, 1.165) is 19.4 Å². The molecule has 3 N–H and O–H groups in total. The monoisotopic (exact) mass is 253 g/mol. The van der Waals surface area contributed by atoms with Crippen molar-refractivity contribution in [2.24, 2.45) is 0 Å². The number of hydrogen-bond acceptors (Lipinski definition) is 7. The lowest BCUT2D eigenvalue weighted by Gasteiger charge is -2.12. The highest BCUT2D eigenvalue weighted by Gasteiger charge is 2.17. The summed E-state index contributed by atoms with van der Waals surface area (Å²) in [5, 5.41) is 3.06. The standard InChI is InChI=1S/C11H19N5O2/c1-7(2)13-10-14-9(12)15-11(16-10)18-6-8-4-3-5-17-8/h7-8H,3-6H2,1-2H3,(H3,12,13,14,15,16). The number of nitrogens with two attached hydrogens (primary N) is 1. The smallest absolute Gasteiger partial charge is 0.323 e. The molecule has 1 aromatic heterocycles. The number of aromatic nitrogens is 3. The lowest BCUT2D eigenvalue weighted by atomic mass is 10.2. The van der Waals surface area contributed by atoms with Gasteiger partial charge in [-0.2, -0.15) is 15.0 Å². The van der Waals surface area contributed by atoms with Gasteiger partial charge in [0.25, 0.3) is 0 Å². The van der Waals surface area contributed by atoms with E-state index in [1.807, 2.05) is 13.8 Å². The van der Waals surface area contributed by atoms with E-state index in [1.165, 1.54) is 0 Å². The summed E-state index contributed by atoms with van der Waals surface area (Å²) in [5.41, 5.74) is 5.61. The fourth-order valence-corrected chi connectivity index (χ4v) is 1.70. The van der Waals surface area contributed by atoms with Crippen LogP contribution in [0.3, 0.4) is 0 Å². The third-order valence-corrected chi connectivity index (χ3v) is 2.47. The molecule has 0 radical (unpaired) electrons. The normalized spacial score (nSPS) is 19.2. The van der Waals surface area contributed by atoms with Crippen molar-refractivity contribution in [1.29, 1.82) is 0 Å². The van der Waals surface area contributed by atoms with Crippen molar-refractivity contribution in [1.82, 2.24) is 15.0 Å². The van der Waals surface area contributed by atoms with E-state index in [1.54, 1.807) is 0 Å². The van der Waals surface area contributed by atoms with Crippen LogP contribution in [-0.4, -0.2) is 40.3 Å². The highest BCUT2D eigenvalue weighted by atomic mass is 16.5. The molecule has 0 amide bonds. The first-order chi connectivity index (χ1) is 8.63. The van der Waals surface area contributed by atoms with Crippen LogP contribution in [-0.2, 0) is 4.74 Å². The van der Waals surface area contributed by atoms with Crippen LogP contribution in [0.1, 0.15) is 26.7 Å². The van der Waals surface area contributed by atoms with Gasteiger partial charge in [0.1, 0.15) is 6.61 Å². The number of nitrogens with zero attached hydrogens (tertiary/aromatic N) is 3. The molecular weight excluding hydrogens is 234 g/mol. The molecular formula is C11H19N5O2. The Morgan fingerprint density at radius 1 is 1.44 bits per heavy atom. The van der Waals surface area contributed by atoms with E-state index < -0.39 is 0 Å². The first-order valence-corrected chi connectivity index (χ1v) is 6.16. The van der Waals surface area contributed by atoms with Gasteiger partial charge in [-0.05, 0) is 26.7 Å². The molecule has 0 aliphatic carbocycles. The summed E-state index contributed by atoms with van der Waals surface area (Å²) in [4.78, 5) is 12.1. The van der Waals surface area contributed by atoms with Crippen LogP contribution in [0.4, 0.5) is 11.9 Å². The SMILES string of the molecule is CC(C)Nc1nc(N)nc(OCC2CCCO2)n1. The second kappa shape index (κ2) is 5.81. The van der Waals surface area contributed by atoms with Crippen molar-refractivity contribution < 1.29 is 9.47 Å². The third kappa shape index (κ3) is 3.69. The zero-order valence-electron chi connectivity index (χ0n) is 10.7. The number of ether oxygens (including phenoxy) is 2. The van der Waals surface area contributed by atoms with Gasteiger partial charge in [-0.3, -0.25) is 0 Å². The average molecular weight is 253 g/mol. The number of nitrogens with one attached hydrogen (secondary N) is 1. The summed E-state index contributed by atoms with van der Waals surface area (Å²) >= 11 is 0. The minimum atomic E-state index is 0.129. The molecule has 1 unspecified atom stereocenters. The highest BCUT2D eigenvalue weighted by molar-refractivity contribution is 5.33. The van der Waals surface area contributed by atoms with Gasteiger partial charge in [0.15, 0.2) is 0 Å². The van der Waals surface area contributed by atoms with Crippen molar-refractivity contribution in [3.8, 4) is 6.01 Å². The topological polar surface area (TPSA) is 95.2 Å². The van der Waals surface area contributed by atoms with E-state index in [9.17, 15) is 0 Å². The maximum absolute atomic E-state index is 5.61. The maximum atomic E-state index is 5.61. The fraction of sp³-hybridized carbons (Fsp3) is 0.727. The lowest BCUT2D eigenvalue weighted by Crippen LogP contribution is -2.19. The van der Waals surface area contributed by atoms with E-state index >= 15 is 0 Å². The van der Waals surface area contributed by atoms with Crippen LogP contribution in [0, 0.1) is 0 Å². The highest BCUT2D eigenvalue weighted by Crippen LogP contribution is 2.14. The molecule has 18 heavy (non-hydrogen) atoms. The predicted octanol–water partition coefficient (Wildman–Crippen LogP) is 0.832. The van der Waals surface area contributed by atoms with Crippen LogP contribution in [0.15, 0.2) is 0 Å². The summed E-state index contributed by atoms with van der Waals surface area (Å²) in [7, 11) is 0. The molecule has 7 heteroatoms. The fourth-order valence-electron chi connectivity index (χ4n) is 1.70. The summed E-state index contributed by atoms with van der Waals surface area (Å²) in [6.45, 7) is 5.23. The van der Waals surface area contributed by atoms with Crippen molar-refractivity contribution in [3.05, 3.63) is 0 Å². The second-order valence-corrected chi connectivity index (χ2v) is 4.54. The molecule has 7 nitrogen and oxygen atoms in total. The zero-order valence-corrected chi connectivity index (χ0v) is 10.7. The van der Waals surface area contributed by atoms with Crippen LogP contribution >= 0.6 is 0 Å². The quantitative estimate of drug-likeness (QED) is 0.802. The van der Waals surface area contributed by atoms with Gasteiger partial charge >= 0.3 is 6.01 Å². The van der Waals surface area contributed by atoms with Crippen molar-refractivity contribution in [2.75, 3.05) is 24.3 Å². The van der Waals surface area contributed by atoms with Gasteiger partial charge in [0.05, 0.1) is 6.10 Å². The van der Waals surface area contributed by atoms with Gasteiger partial charge < -0.3 is 20.5 Å². The van der Waals surface area contributed by atoms with Crippen LogP contribution in [0.2, 0.25) is 0 Å². The van der Waals surface area contributed by atoms with Crippen molar-refractivity contribution in [3.63, 3.8) is 0 Å². The first-order valence-electron chi connectivity index (χ1n) is 6.16. The molecule has 0 aromatic carbocycles. The molecule has 1 saturated heterocycles. The number of anilines is 2. The van der Waals surface area contributed by atoms with E-state index in [4.69, 9.17) is 15.2 Å². The lowest BCUT2D eigenvalue weighted by molar-refractivity contribution is 0.0645. The Morgan fingerprint density at radius 3 is 2.94 bits per heavy atom. The minimum absolute atomic E-state index is 0.129. The number of hydrogen-bond donors (Lipinski definition) is 2. The molecule has 0 bridgehead atoms. The summed E-state index contributed by atoms with van der Waals surface area (Å²) < 4.78 is 10.9. The molecule has 2 heterocycles. The van der Waals surface area contributed by atoms with Crippen LogP contribution in [0.25, 0.3) is 0 Å². The molecule has 1 atom stereocenters. The number of nitrogen functional groups attached to an aromatic ring is 1. The molecule has 2 rings (SSSR count). The average Bonchev–Trinajstić information content (AvgIpc) is 2.77. The first kappa shape index (κ1) is 12.8. The Bertz CT molecular complexity index is 393. The van der Waals surface area contributed by atoms with Gasteiger partial charge in [0, 0.05) is 12.6 Å². The van der Waals surface area contributed by atoms with Crippen LogP contribution in [0.5, 0.6) is 6.01 Å². The van der Waals surface area contributed by atoms with Crippen molar-refractivity contribution in [2.45, 2.75) is 38.8 Å². The maximum Gasteiger partial charge on any atom is 0.323 e. The van der Waals surface area contributed by atoms with Gasteiger partial charge in [-0.1, -0.05) is 0 Å². The zero-order chi connectivity index (χ0) is 13.0. The van der Waals surface area contributed by atoms with Crippen LogP contribution < -0.4 is 15.8 Å². The third-order valence-electron chi connectivity index (χ3n) is 2.47. The van der Waals surface area contributed by atoms with E-state index in [-0.39, 0.29) is 24.1 Å². The Balaban J connectivity index is 1.96. The number of rotatable bonds is 5. The van der Waals surface area contributed by atoms with Gasteiger partial charge in [-0.15, -0.1) is 0 Å².